The van der Waals surface area contributed by atoms with Gasteiger partial charge in [0, 0.05) is 11.6 Å². The summed E-state index contributed by atoms with van der Waals surface area (Å²) in [6.45, 7) is 3.68. The van der Waals surface area contributed by atoms with Crippen LogP contribution in [0.2, 0.25) is 0 Å². The Morgan fingerprint density at radius 1 is 1.00 bits per heavy atom. The van der Waals surface area contributed by atoms with E-state index in [1.807, 2.05) is 38.1 Å². The number of carbonyl (C=O) groups is 1. The van der Waals surface area contributed by atoms with Crippen LogP contribution in [0.5, 0.6) is 5.75 Å². The van der Waals surface area contributed by atoms with Crippen LogP contribution in [0.25, 0.3) is 11.1 Å². The molecular weight excluding hydrogens is 443 g/mol. The van der Waals surface area contributed by atoms with E-state index < -0.39 is 27.9 Å². The molecule has 1 atom stereocenters. The third kappa shape index (κ3) is 4.18. The van der Waals surface area contributed by atoms with Gasteiger partial charge in [-0.1, -0.05) is 36.4 Å². The number of methoxy groups -OCH3 is 1. The standard InChI is InChI=1S/C25H25FN2O4S/c1-17(2)28-23(16-27(25(28)29)33(30,31)21-10-5-4-6-11-21)19-9-7-8-18(14-19)22-15-20(26)12-13-24(22)32-3/h4-15,17,23H,16H2,1-3H3. The zero-order valence-electron chi connectivity index (χ0n) is 18.6. The summed E-state index contributed by atoms with van der Waals surface area (Å²) in [7, 11) is -2.48. The molecule has 3 aromatic carbocycles. The number of hydrogen-bond acceptors (Lipinski definition) is 4. The minimum absolute atomic E-state index is 0.0159. The van der Waals surface area contributed by atoms with Crippen molar-refractivity contribution in [2.75, 3.05) is 13.7 Å². The number of amides is 2. The summed E-state index contributed by atoms with van der Waals surface area (Å²) in [6, 6.07) is 18.3. The predicted molar refractivity (Wildman–Crippen MR) is 124 cm³/mol. The van der Waals surface area contributed by atoms with Gasteiger partial charge in [0.2, 0.25) is 0 Å². The summed E-state index contributed by atoms with van der Waals surface area (Å²) in [5, 5.41) is 0. The molecule has 0 saturated carbocycles. The van der Waals surface area contributed by atoms with Crippen molar-refractivity contribution in [3.05, 3.63) is 84.2 Å². The molecule has 1 heterocycles. The maximum Gasteiger partial charge on any atom is 0.334 e. The Labute approximate surface area is 193 Å². The number of rotatable bonds is 6. The first-order valence-corrected chi connectivity index (χ1v) is 12.0. The van der Waals surface area contributed by atoms with Crippen molar-refractivity contribution in [1.29, 1.82) is 0 Å². The average Bonchev–Trinajstić information content (AvgIpc) is 3.18. The van der Waals surface area contributed by atoms with Crippen LogP contribution in [-0.4, -0.2) is 43.4 Å². The lowest BCUT2D eigenvalue weighted by Gasteiger charge is -2.27. The smallest absolute Gasteiger partial charge is 0.334 e. The Hall–Kier alpha value is -3.39. The molecule has 1 fully saturated rings. The topological polar surface area (TPSA) is 66.9 Å². The van der Waals surface area contributed by atoms with Crippen LogP contribution < -0.4 is 4.74 Å². The highest BCUT2D eigenvalue weighted by Gasteiger charge is 2.45. The van der Waals surface area contributed by atoms with Gasteiger partial charge in [0.05, 0.1) is 24.6 Å². The zero-order chi connectivity index (χ0) is 23.8. The molecule has 3 aromatic rings. The molecule has 6 nitrogen and oxygen atoms in total. The number of benzene rings is 3. The monoisotopic (exact) mass is 468 g/mol. The maximum atomic E-state index is 14.0. The van der Waals surface area contributed by atoms with E-state index in [9.17, 15) is 17.6 Å². The van der Waals surface area contributed by atoms with Gasteiger partial charge in [0.1, 0.15) is 11.6 Å². The molecule has 1 aliphatic rings. The molecule has 2 amide bonds. The Morgan fingerprint density at radius 3 is 2.39 bits per heavy atom. The molecule has 0 spiro atoms. The number of sulfonamides is 1. The van der Waals surface area contributed by atoms with E-state index >= 15 is 0 Å². The summed E-state index contributed by atoms with van der Waals surface area (Å²) >= 11 is 0. The normalized spacial score (nSPS) is 16.5. The highest BCUT2D eigenvalue weighted by molar-refractivity contribution is 7.89. The minimum atomic E-state index is -4.00. The first-order valence-electron chi connectivity index (χ1n) is 10.6. The van der Waals surface area contributed by atoms with Crippen molar-refractivity contribution in [2.24, 2.45) is 0 Å². The molecule has 0 aromatic heterocycles. The molecule has 0 aliphatic carbocycles. The molecule has 1 unspecified atom stereocenters. The van der Waals surface area contributed by atoms with Crippen LogP contribution in [0.3, 0.4) is 0 Å². The van der Waals surface area contributed by atoms with E-state index in [1.54, 1.807) is 29.2 Å². The molecule has 172 valence electrons. The lowest BCUT2D eigenvalue weighted by atomic mass is 9.98. The fourth-order valence-corrected chi connectivity index (χ4v) is 5.56. The summed E-state index contributed by atoms with van der Waals surface area (Å²) in [5.41, 5.74) is 2.05. The van der Waals surface area contributed by atoms with E-state index in [2.05, 4.69) is 0 Å². The third-order valence-corrected chi connectivity index (χ3v) is 7.49. The number of carbonyl (C=O) groups excluding carboxylic acids is 1. The fourth-order valence-electron chi connectivity index (χ4n) is 4.17. The molecule has 0 bridgehead atoms. The summed E-state index contributed by atoms with van der Waals surface area (Å²) in [6.07, 6.45) is 0. The van der Waals surface area contributed by atoms with Crippen LogP contribution in [0.1, 0.15) is 25.5 Å². The molecule has 0 N–H and O–H groups in total. The number of hydrogen-bond donors (Lipinski definition) is 0. The van der Waals surface area contributed by atoms with Crippen molar-refractivity contribution in [1.82, 2.24) is 9.21 Å². The number of nitrogens with zero attached hydrogens (tertiary/aromatic N) is 2. The lowest BCUT2D eigenvalue weighted by molar-refractivity contribution is 0.181. The number of halogens is 1. The van der Waals surface area contributed by atoms with Gasteiger partial charge in [0.15, 0.2) is 0 Å². The molecule has 1 saturated heterocycles. The second-order valence-corrected chi connectivity index (χ2v) is 9.98. The van der Waals surface area contributed by atoms with Crippen molar-refractivity contribution < 1.29 is 22.3 Å². The Kier molecular flexibility index (Phi) is 6.12. The van der Waals surface area contributed by atoms with E-state index in [0.717, 1.165) is 9.87 Å². The van der Waals surface area contributed by atoms with Gasteiger partial charge in [-0.15, -0.1) is 0 Å². The van der Waals surface area contributed by atoms with E-state index in [-0.39, 0.29) is 17.5 Å². The summed E-state index contributed by atoms with van der Waals surface area (Å²) < 4.78 is 46.7. The third-order valence-electron chi connectivity index (χ3n) is 5.74. The molecule has 0 radical (unpaired) electrons. The van der Waals surface area contributed by atoms with Crippen LogP contribution >= 0.6 is 0 Å². The average molecular weight is 469 g/mol. The quantitative estimate of drug-likeness (QED) is 0.506. The van der Waals surface area contributed by atoms with Crippen LogP contribution in [-0.2, 0) is 10.0 Å². The number of urea groups is 1. The number of ether oxygens (including phenoxy) is 1. The predicted octanol–water partition coefficient (Wildman–Crippen LogP) is 5.08. The zero-order valence-corrected chi connectivity index (χ0v) is 19.4. The first-order chi connectivity index (χ1) is 15.7. The minimum Gasteiger partial charge on any atom is -0.496 e. The molecule has 33 heavy (non-hydrogen) atoms. The highest BCUT2D eigenvalue weighted by Crippen LogP contribution is 2.38. The van der Waals surface area contributed by atoms with Crippen molar-refractivity contribution >= 4 is 16.1 Å². The first kappa shape index (κ1) is 22.8. The Bertz CT molecular complexity index is 1280. The van der Waals surface area contributed by atoms with Crippen molar-refractivity contribution in [3.8, 4) is 16.9 Å². The largest absolute Gasteiger partial charge is 0.496 e. The van der Waals surface area contributed by atoms with Crippen LogP contribution in [0.15, 0.2) is 77.7 Å². The molecule has 1 aliphatic heterocycles. The van der Waals surface area contributed by atoms with Crippen molar-refractivity contribution in [2.45, 2.75) is 30.8 Å². The summed E-state index contributed by atoms with van der Waals surface area (Å²) in [4.78, 5) is 14.9. The van der Waals surface area contributed by atoms with Gasteiger partial charge >= 0.3 is 6.03 Å². The van der Waals surface area contributed by atoms with Gasteiger partial charge in [-0.2, -0.15) is 0 Å². The molecular formula is C25H25FN2O4S. The second kappa shape index (κ2) is 8.86. The van der Waals surface area contributed by atoms with Gasteiger partial charge < -0.3 is 9.64 Å². The van der Waals surface area contributed by atoms with E-state index in [1.165, 1.54) is 31.4 Å². The fraction of sp³-hybridized carbons (Fsp3) is 0.240. The van der Waals surface area contributed by atoms with Gasteiger partial charge in [-0.25, -0.2) is 21.9 Å². The lowest BCUT2D eigenvalue weighted by Crippen LogP contribution is -2.39. The van der Waals surface area contributed by atoms with Crippen LogP contribution in [0.4, 0.5) is 9.18 Å². The van der Waals surface area contributed by atoms with E-state index in [4.69, 9.17) is 4.74 Å². The van der Waals surface area contributed by atoms with Gasteiger partial charge in [-0.05, 0) is 61.4 Å². The Morgan fingerprint density at radius 2 is 1.73 bits per heavy atom. The maximum absolute atomic E-state index is 14.0. The van der Waals surface area contributed by atoms with E-state index in [0.29, 0.717) is 16.9 Å². The highest BCUT2D eigenvalue weighted by atomic mass is 32.2. The second-order valence-electron chi connectivity index (χ2n) is 8.12. The SMILES string of the molecule is COc1ccc(F)cc1-c1cccc(C2CN(S(=O)(=O)c3ccccc3)C(=O)N2C(C)C)c1. The molecule has 8 heteroatoms. The summed E-state index contributed by atoms with van der Waals surface area (Å²) in [5.74, 6) is 0.126. The molecule has 4 rings (SSSR count). The Balaban J connectivity index is 1.75. The van der Waals surface area contributed by atoms with Gasteiger partial charge in [0.25, 0.3) is 10.0 Å². The van der Waals surface area contributed by atoms with Crippen LogP contribution in [0, 0.1) is 5.82 Å². The van der Waals surface area contributed by atoms with Gasteiger partial charge in [-0.3, -0.25) is 0 Å². The van der Waals surface area contributed by atoms with Crippen molar-refractivity contribution in [3.63, 3.8) is 0 Å².